The quantitative estimate of drug-likeness (QED) is 0.824. The zero-order chi connectivity index (χ0) is 12.2. The van der Waals surface area contributed by atoms with E-state index in [-0.39, 0.29) is 6.10 Å². The van der Waals surface area contributed by atoms with Crippen molar-refractivity contribution in [1.82, 2.24) is 9.78 Å². The Morgan fingerprint density at radius 3 is 2.83 bits per heavy atom. The Bertz CT molecular complexity index is 366. The summed E-state index contributed by atoms with van der Waals surface area (Å²) >= 11 is 0. The van der Waals surface area contributed by atoms with Gasteiger partial charge in [-0.15, -0.1) is 0 Å². The number of hydrogen-bond donors (Lipinski definition) is 0. The fraction of sp³-hybridized carbons (Fsp3) is 0.786. The average Bonchev–Trinajstić information content (AvgIpc) is 3.08. The predicted molar refractivity (Wildman–Crippen MR) is 68.8 cm³/mol. The number of ether oxygens (including phenoxy) is 2. The van der Waals surface area contributed by atoms with E-state index in [1.165, 1.54) is 38.5 Å². The fourth-order valence-corrected chi connectivity index (χ4v) is 2.89. The average molecular weight is 250 g/mol. The molecule has 1 aromatic rings. The van der Waals surface area contributed by atoms with Crippen LogP contribution in [-0.4, -0.2) is 29.1 Å². The summed E-state index contributed by atoms with van der Waals surface area (Å²) in [6, 6.07) is 0.591. The summed E-state index contributed by atoms with van der Waals surface area (Å²) in [7, 11) is 0. The molecule has 100 valence electrons. The van der Waals surface area contributed by atoms with E-state index in [1.807, 2.05) is 12.4 Å². The molecule has 1 saturated heterocycles. The van der Waals surface area contributed by atoms with Crippen LogP contribution in [0.25, 0.3) is 0 Å². The van der Waals surface area contributed by atoms with Gasteiger partial charge < -0.3 is 9.47 Å². The Labute approximate surface area is 108 Å². The molecule has 2 aliphatic rings. The Kier molecular flexibility index (Phi) is 3.84. The van der Waals surface area contributed by atoms with Crippen molar-refractivity contribution in [3.05, 3.63) is 12.4 Å². The number of nitrogens with zero attached hydrogens (tertiary/aromatic N) is 2. The van der Waals surface area contributed by atoms with E-state index in [9.17, 15) is 0 Å². The molecule has 1 unspecified atom stereocenters. The minimum atomic E-state index is 0.272. The first-order valence-electron chi connectivity index (χ1n) is 7.20. The predicted octanol–water partition coefficient (Wildman–Crippen LogP) is 2.95. The molecule has 1 aliphatic heterocycles. The normalized spacial score (nSPS) is 25.4. The van der Waals surface area contributed by atoms with E-state index in [1.54, 1.807) is 0 Å². The number of aromatic nitrogens is 2. The summed E-state index contributed by atoms with van der Waals surface area (Å²) in [4.78, 5) is 0. The molecule has 4 nitrogen and oxygen atoms in total. The van der Waals surface area contributed by atoms with Gasteiger partial charge in [-0.05, 0) is 32.1 Å². The Morgan fingerprint density at radius 1 is 1.22 bits per heavy atom. The third-order valence-corrected chi connectivity index (χ3v) is 3.99. The largest absolute Gasteiger partial charge is 0.488 e. The highest BCUT2D eigenvalue weighted by molar-refractivity contribution is 5.12. The van der Waals surface area contributed by atoms with Gasteiger partial charge in [0, 0.05) is 6.61 Å². The van der Waals surface area contributed by atoms with Crippen LogP contribution >= 0.6 is 0 Å². The van der Waals surface area contributed by atoms with Crippen molar-refractivity contribution < 1.29 is 9.47 Å². The second kappa shape index (κ2) is 5.74. The van der Waals surface area contributed by atoms with Gasteiger partial charge in [-0.3, -0.25) is 4.68 Å². The Hall–Kier alpha value is -1.03. The van der Waals surface area contributed by atoms with Crippen LogP contribution in [0.4, 0.5) is 0 Å². The second-order valence-corrected chi connectivity index (χ2v) is 5.39. The number of hydrogen-bond acceptors (Lipinski definition) is 3. The molecule has 0 spiro atoms. The molecule has 0 N–H and O–H groups in total. The SMILES string of the molecule is c1nn(C2CCCC2)cc1OCC1CCCCO1. The first-order chi connectivity index (χ1) is 8.92. The van der Waals surface area contributed by atoms with Crippen molar-refractivity contribution in [2.45, 2.75) is 57.1 Å². The first kappa shape index (κ1) is 12.0. The standard InChI is InChI=1S/C14H22N2O2/c1-2-6-12(5-1)16-10-14(9-15-16)18-11-13-7-3-4-8-17-13/h9-10,12-13H,1-8,11H2. The van der Waals surface area contributed by atoms with E-state index in [0.29, 0.717) is 12.6 Å². The molecule has 0 bridgehead atoms. The van der Waals surface area contributed by atoms with Crippen LogP contribution in [0, 0.1) is 0 Å². The minimum absolute atomic E-state index is 0.272. The molecule has 18 heavy (non-hydrogen) atoms. The van der Waals surface area contributed by atoms with Crippen LogP contribution in [0.1, 0.15) is 51.0 Å². The van der Waals surface area contributed by atoms with Gasteiger partial charge in [0.2, 0.25) is 0 Å². The highest BCUT2D eigenvalue weighted by Gasteiger charge is 2.18. The molecule has 4 heteroatoms. The van der Waals surface area contributed by atoms with Crippen molar-refractivity contribution in [2.75, 3.05) is 13.2 Å². The molecule has 1 saturated carbocycles. The van der Waals surface area contributed by atoms with Gasteiger partial charge in [-0.2, -0.15) is 5.10 Å². The Morgan fingerprint density at radius 2 is 2.06 bits per heavy atom. The molecule has 3 rings (SSSR count). The highest BCUT2D eigenvalue weighted by atomic mass is 16.5. The van der Waals surface area contributed by atoms with Crippen LogP contribution in [0.3, 0.4) is 0 Å². The van der Waals surface area contributed by atoms with Crippen molar-refractivity contribution in [3.63, 3.8) is 0 Å². The van der Waals surface area contributed by atoms with E-state index >= 15 is 0 Å². The highest BCUT2D eigenvalue weighted by Crippen LogP contribution is 2.29. The molecule has 0 aromatic carbocycles. The van der Waals surface area contributed by atoms with E-state index in [0.717, 1.165) is 18.8 Å². The van der Waals surface area contributed by atoms with Crippen molar-refractivity contribution in [3.8, 4) is 5.75 Å². The molecule has 1 aromatic heterocycles. The molecule has 0 radical (unpaired) electrons. The fourth-order valence-electron chi connectivity index (χ4n) is 2.89. The van der Waals surface area contributed by atoms with Crippen molar-refractivity contribution in [1.29, 1.82) is 0 Å². The summed E-state index contributed by atoms with van der Waals surface area (Å²) in [6.45, 7) is 1.55. The van der Waals surface area contributed by atoms with Gasteiger partial charge in [0.25, 0.3) is 0 Å². The van der Waals surface area contributed by atoms with Crippen LogP contribution in [0.15, 0.2) is 12.4 Å². The van der Waals surface area contributed by atoms with Crippen LogP contribution in [-0.2, 0) is 4.74 Å². The maximum atomic E-state index is 5.78. The van der Waals surface area contributed by atoms with Gasteiger partial charge in [0.05, 0.1) is 24.5 Å². The van der Waals surface area contributed by atoms with Crippen LogP contribution in [0.5, 0.6) is 5.75 Å². The van der Waals surface area contributed by atoms with Gasteiger partial charge in [0.15, 0.2) is 5.75 Å². The first-order valence-corrected chi connectivity index (χ1v) is 7.20. The van der Waals surface area contributed by atoms with Crippen LogP contribution < -0.4 is 4.74 Å². The summed E-state index contributed by atoms with van der Waals surface area (Å²) < 4.78 is 13.5. The van der Waals surface area contributed by atoms with Crippen molar-refractivity contribution in [2.24, 2.45) is 0 Å². The maximum absolute atomic E-state index is 5.78. The molecule has 2 fully saturated rings. The second-order valence-electron chi connectivity index (χ2n) is 5.39. The summed E-state index contributed by atoms with van der Waals surface area (Å²) in [5.41, 5.74) is 0. The lowest BCUT2D eigenvalue weighted by atomic mass is 10.1. The third-order valence-electron chi connectivity index (χ3n) is 3.99. The van der Waals surface area contributed by atoms with Gasteiger partial charge in [-0.25, -0.2) is 0 Å². The molecule has 2 heterocycles. The van der Waals surface area contributed by atoms with Gasteiger partial charge >= 0.3 is 0 Å². The molecule has 0 amide bonds. The zero-order valence-electron chi connectivity index (χ0n) is 10.9. The monoisotopic (exact) mass is 250 g/mol. The molecule has 1 atom stereocenters. The summed E-state index contributed by atoms with van der Waals surface area (Å²) in [6.07, 6.45) is 12.9. The molecular weight excluding hydrogens is 228 g/mol. The smallest absolute Gasteiger partial charge is 0.157 e. The lowest BCUT2D eigenvalue weighted by Crippen LogP contribution is -2.25. The molecular formula is C14H22N2O2. The van der Waals surface area contributed by atoms with Gasteiger partial charge in [-0.1, -0.05) is 12.8 Å². The van der Waals surface area contributed by atoms with Crippen LogP contribution in [0.2, 0.25) is 0 Å². The van der Waals surface area contributed by atoms with E-state index < -0.39 is 0 Å². The summed E-state index contributed by atoms with van der Waals surface area (Å²) in [5.74, 6) is 0.885. The van der Waals surface area contributed by atoms with E-state index in [2.05, 4.69) is 9.78 Å². The topological polar surface area (TPSA) is 36.3 Å². The maximum Gasteiger partial charge on any atom is 0.157 e. The van der Waals surface area contributed by atoms with Crippen molar-refractivity contribution >= 4 is 0 Å². The third kappa shape index (κ3) is 2.86. The lowest BCUT2D eigenvalue weighted by molar-refractivity contribution is -0.0110. The Balaban J connectivity index is 1.50. The lowest BCUT2D eigenvalue weighted by Gasteiger charge is -2.22. The summed E-state index contributed by atoms with van der Waals surface area (Å²) in [5, 5.41) is 4.41. The number of rotatable bonds is 4. The van der Waals surface area contributed by atoms with E-state index in [4.69, 9.17) is 9.47 Å². The van der Waals surface area contributed by atoms with Gasteiger partial charge in [0.1, 0.15) is 6.61 Å². The zero-order valence-corrected chi connectivity index (χ0v) is 10.9. The minimum Gasteiger partial charge on any atom is -0.488 e. The molecule has 1 aliphatic carbocycles.